The minimum Gasteiger partial charge on any atom is -0.506 e. The molecule has 2 heterocycles. The van der Waals surface area contributed by atoms with Crippen LogP contribution in [0.2, 0.25) is 0 Å². The first kappa shape index (κ1) is 5.22. The Morgan fingerprint density at radius 1 is 1.40 bits per heavy atom. The first-order valence-electron chi connectivity index (χ1n) is 2.85. The molecule has 2 N–H and O–H groups in total. The van der Waals surface area contributed by atoms with Crippen LogP contribution in [0.1, 0.15) is 0 Å². The number of aromatic amines is 1. The number of fused-ring (bicyclic) bond motifs is 1. The number of aromatic nitrogens is 3. The monoisotopic (exact) mass is 135 g/mol. The van der Waals surface area contributed by atoms with Gasteiger partial charge in [0.25, 0.3) is 0 Å². The molecule has 0 aliphatic carbocycles. The third-order valence-electron chi connectivity index (χ3n) is 1.30. The molecule has 10 heavy (non-hydrogen) atoms. The Hall–Kier alpha value is -1.58. The van der Waals surface area contributed by atoms with Crippen LogP contribution in [0.4, 0.5) is 0 Å². The molecule has 0 amide bonds. The number of H-pyrrole nitrogens is 1. The zero-order valence-electron chi connectivity index (χ0n) is 5.07. The molecule has 2 aromatic heterocycles. The molecule has 0 saturated heterocycles. The van der Waals surface area contributed by atoms with Crippen LogP contribution >= 0.6 is 0 Å². The highest BCUT2D eigenvalue weighted by atomic mass is 16.3. The van der Waals surface area contributed by atoms with Gasteiger partial charge in [0.2, 0.25) is 0 Å². The predicted molar refractivity (Wildman–Crippen MR) is 35.6 cm³/mol. The Morgan fingerprint density at radius 3 is 3.10 bits per heavy atom. The van der Waals surface area contributed by atoms with E-state index in [0.29, 0.717) is 11.2 Å². The molecule has 0 aromatic carbocycles. The van der Waals surface area contributed by atoms with E-state index in [1.165, 1.54) is 18.6 Å². The number of nitrogens with one attached hydrogen (secondary N) is 1. The number of hydrogen-bond donors (Lipinski definition) is 2. The van der Waals surface area contributed by atoms with Crippen molar-refractivity contribution in [3.05, 3.63) is 18.6 Å². The number of hydrogen-bond acceptors (Lipinski definition) is 3. The maximum absolute atomic E-state index is 9.15. The zero-order valence-corrected chi connectivity index (χ0v) is 5.07. The van der Waals surface area contributed by atoms with E-state index in [2.05, 4.69) is 15.0 Å². The highest BCUT2D eigenvalue weighted by Gasteiger charge is 1.99. The summed E-state index contributed by atoms with van der Waals surface area (Å²) in [6.45, 7) is 0. The Kier molecular flexibility index (Phi) is 0.887. The summed E-state index contributed by atoms with van der Waals surface area (Å²) in [5, 5.41) is 9.15. The summed E-state index contributed by atoms with van der Waals surface area (Å²) in [7, 11) is 0. The van der Waals surface area contributed by atoms with Crippen LogP contribution < -0.4 is 0 Å². The third-order valence-corrected chi connectivity index (χ3v) is 1.30. The zero-order chi connectivity index (χ0) is 6.97. The van der Waals surface area contributed by atoms with Crippen LogP contribution in [0.25, 0.3) is 11.2 Å². The SMILES string of the molecule is Oc1ccnc2nc[nH]c12. The Morgan fingerprint density at radius 2 is 2.30 bits per heavy atom. The van der Waals surface area contributed by atoms with Gasteiger partial charge in [-0.1, -0.05) is 0 Å². The van der Waals surface area contributed by atoms with Crippen LogP contribution in [-0.2, 0) is 0 Å². The lowest BCUT2D eigenvalue weighted by molar-refractivity contribution is 0.480. The smallest absolute Gasteiger partial charge is 0.181 e. The Bertz CT molecular complexity index is 355. The molecule has 2 aromatic rings. The number of aromatic hydroxyl groups is 1. The fourth-order valence-corrected chi connectivity index (χ4v) is 0.835. The highest BCUT2D eigenvalue weighted by molar-refractivity contribution is 5.76. The molecule has 0 aliphatic heterocycles. The molecule has 0 unspecified atom stereocenters. The van der Waals surface area contributed by atoms with Crippen molar-refractivity contribution in [2.24, 2.45) is 0 Å². The normalized spacial score (nSPS) is 10.4. The average molecular weight is 135 g/mol. The van der Waals surface area contributed by atoms with E-state index in [1.807, 2.05) is 0 Å². The Labute approximate surface area is 56.6 Å². The van der Waals surface area contributed by atoms with Gasteiger partial charge in [0, 0.05) is 12.3 Å². The van der Waals surface area contributed by atoms with Gasteiger partial charge in [0.15, 0.2) is 5.65 Å². The van der Waals surface area contributed by atoms with Crippen LogP contribution in [-0.4, -0.2) is 20.1 Å². The predicted octanol–water partition coefficient (Wildman–Crippen LogP) is 0.663. The van der Waals surface area contributed by atoms with Crippen molar-refractivity contribution in [3.8, 4) is 5.75 Å². The van der Waals surface area contributed by atoms with Crippen molar-refractivity contribution < 1.29 is 5.11 Å². The lowest BCUT2D eigenvalue weighted by Gasteiger charge is -1.89. The van der Waals surface area contributed by atoms with E-state index in [9.17, 15) is 0 Å². The van der Waals surface area contributed by atoms with Crippen molar-refractivity contribution in [1.82, 2.24) is 15.0 Å². The van der Waals surface area contributed by atoms with Gasteiger partial charge in [-0.15, -0.1) is 0 Å². The van der Waals surface area contributed by atoms with Crippen LogP contribution in [0.15, 0.2) is 18.6 Å². The minimum atomic E-state index is 0.183. The van der Waals surface area contributed by atoms with E-state index in [0.717, 1.165) is 0 Å². The molecule has 0 radical (unpaired) electrons. The lowest BCUT2D eigenvalue weighted by atomic mass is 10.4. The topological polar surface area (TPSA) is 61.8 Å². The van der Waals surface area contributed by atoms with Crippen molar-refractivity contribution in [1.29, 1.82) is 0 Å². The summed E-state index contributed by atoms with van der Waals surface area (Å²) in [6, 6.07) is 1.51. The summed E-state index contributed by atoms with van der Waals surface area (Å²) in [6.07, 6.45) is 3.01. The van der Waals surface area contributed by atoms with Crippen molar-refractivity contribution in [2.75, 3.05) is 0 Å². The lowest BCUT2D eigenvalue weighted by Crippen LogP contribution is -1.74. The standard InChI is InChI=1S/C6H5N3O/c10-4-1-2-7-6-5(4)8-3-9-6/h1-3H,(H2,7,8,9,10). The number of rotatable bonds is 0. The molecule has 0 spiro atoms. The van der Waals surface area contributed by atoms with Crippen LogP contribution in [0, 0.1) is 0 Å². The molecule has 0 aliphatic rings. The minimum absolute atomic E-state index is 0.183. The quantitative estimate of drug-likeness (QED) is 0.557. The van der Waals surface area contributed by atoms with Crippen LogP contribution in [0.3, 0.4) is 0 Å². The van der Waals surface area contributed by atoms with E-state index >= 15 is 0 Å². The maximum atomic E-state index is 9.15. The van der Waals surface area contributed by atoms with Crippen molar-refractivity contribution >= 4 is 11.2 Å². The summed E-state index contributed by atoms with van der Waals surface area (Å²) in [4.78, 5) is 10.5. The molecule has 50 valence electrons. The summed E-state index contributed by atoms with van der Waals surface area (Å²) in [5.74, 6) is 0.183. The second kappa shape index (κ2) is 1.70. The first-order valence-corrected chi connectivity index (χ1v) is 2.85. The molecular weight excluding hydrogens is 130 g/mol. The van der Waals surface area contributed by atoms with Gasteiger partial charge in [-0.25, -0.2) is 9.97 Å². The molecule has 2 rings (SSSR count). The van der Waals surface area contributed by atoms with Crippen molar-refractivity contribution in [2.45, 2.75) is 0 Å². The summed E-state index contributed by atoms with van der Waals surface area (Å²) < 4.78 is 0. The largest absolute Gasteiger partial charge is 0.506 e. The fourth-order valence-electron chi connectivity index (χ4n) is 0.835. The van der Waals surface area contributed by atoms with Gasteiger partial charge >= 0.3 is 0 Å². The Balaban J connectivity index is 2.95. The molecule has 0 atom stereocenters. The highest BCUT2D eigenvalue weighted by Crippen LogP contribution is 2.17. The third kappa shape index (κ3) is 0.556. The molecule has 0 saturated carbocycles. The molecule has 0 fully saturated rings. The summed E-state index contributed by atoms with van der Waals surface area (Å²) >= 11 is 0. The van der Waals surface area contributed by atoms with E-state index in [4.69, 9.17) is 5.11 Å². The molecule has 4 heteroatoms. The maximum Gasteiger partial charge on any atom is 0.181 e. The van der Waals surface area contributed by atoms with Crippen molar-refractivity contribution in [3.63, 3.8) is 0 Å². The second-order valence-corrected chi connectivity index (χ2v) is 1.93. The van der Waals surface area contributed by atoms with Gasteiger partial charge in [0.1, 0.15) is 11.3 Å². The number of pyridine rings is 1. The fraction of sp³-hybridized carbons (Fsp3) is 0. The first-order chi connectivity index (χ1) is 4.88. The number of imidazole rings is 1. The van der Waals surface area contributed by atoms with Gasteiger partial charge in [-0.05, 0) is 0 Å². The van der Waals surface area contributed by atoms with E-state index in [-0.39, 0.29) is 5.75 Å². The van der Waals surface area contributed by atoms with Gasteiger partial charge in [-0.3, -0.25) is 0 Å². The average Bonchev–Trinajstić information content (AvgIpc) is 2.36. The van der Waals surface area contributed by atoms with Gasteiger partial charge in [0.05, 0.1) is 6.33 Å². The van der Waals surface area contributed by atoms with E-state index in [1.54, 1.807) is 0 Å². The molecular formula is C6H5N3O. The second-order valence-electron chi connectivity index (χ2n) is 1.93. The number of nitrogens with zero attached hydrogens (tertiary/aromatic N) is 2. The van der Waals surface area contributed by atoms with Crippen LogP contribution in [0.5, 0.6) is 5.75 Å². The van der Waals surface area contributed by atoms with Gasteiger partial charge in [-0.2, -0.15) is 0 Å². The molecule has 0 bridgehead atoms. The van der Waals surface area contributed by atoms with E-state index < -0.39 is 0 Å². The van der Waals surface area contributed by atoms with Gasteiger partial charge < -0.3 is 10.1 Å². The molecule has 4 nitrogen and oxygen atoms in total. The summed E-state index contributed by atoms with van der Waals surface area (Å²) in [5.41, 5.74) is 1.13.